The first-order chi connectivity index (χ1) is 7.49. The van der Waals surface area contributed by atoms with Crippen LogP contribution in [0.15, 0.2) is 24.3 Å². The van der Waals surface area contributed by atoms with E-state index < -0.39 is 5.91 Å². The molecule has 1 rings (SSSR count). The molecule has 0 aromatic heterocycles. The maximum atomic E-state index is 11.6. The molecule has 0 spiro atoms. The largest absolute Gasteiger partial charge is 0.399 e. The highest BCUT2D eigenvalue weighted by molar-refractivity contribution is 5.84. The summed E-state index contributed by atoms with van der Waals surface area (Å²) in [4.78, 5) is 23.6. The van der Waals surface area contributed by atoms with E-state index in [0.29, 0.717) is 5.69 Å². The van der Waals surface area contributed by atoms with E-state index in [0.717, 1.165) is 5.56 Å². The molecule has 0 aliphatic heterocycles. The Morgan fingerprint density at radius 1 is 1.38 bits per heavy atom. The summed E-state index contributed by atoms with van der Waals surface area (Å²) in [5, 5.41) is 0. The third-order valence-electron chi connectivity index (χ3n) is 2.13. The first-order valence-corrected chi connectivity index (χ1v) is 4.85. The maximum Gasteiger partial charge on any atom is 0.237 e. The highest BCUT2D eigenvalue weighted by Crippen LogP contribution is 2.08. The molecular weight excluding hydrogens is 206 g/mol. The number of primary amides is 1. The van der Waals surface area contributed by atoms with Crippen molar-refractivity contribution in [2.75, 3.05) is 19.3 Å². The smallest absolute Gasteiger partial charge is 0.237 e. The standard InChI is InChI=1S/C11H15N3O2/c1-14(7-10(13)15)11(16)6-8-3-2-4-9(12)5-8/h2-5H,6-7,12H2,1H3,(H2,13,15). The summed E-state index contributed by atoms with van der Waals surface area (Å²) >= 11 is 0. The zero-order chi connectivity index (χ0) is 12.1. The van der Waals surface area contributed by atoms with Gasteiger partial charge in [-0.1, -0.05) is 12.1 Å². The predicted molar refractivity (Wildman–Crippen MR) is 61.4 cm³/mol. The van der Waals surface area contributed by atoms with E-state index in [2.05, 4.69) is 0 Å². The number of carbonyl (C=O) groups is 2. The molecule has 2 amide bonds. The summed E-state index contributed by atoms with van der Waals surface area (Å²) in [6.07, 6.45) is 0.217. The third-order valence-corrected chi connectivity index (χ3v) is 2.13. The zero-order valence-corrected chi connectivity index (χ0v) is 9.14. The van der Waals surface area contributed by atoms with Crippen molar-refractivity contribution < 1.29 is 9.59 Å². The third kappa shape index (κ3) is 3.61. The fourth-order valence-corrected chi connectivity index (χ4v) is 1.33. The van der Waals surface area contributed by atoms with Crippen molar-refractivity contribution in [2.45, 2.75) is 6.42 Å². The number of hydrogen-bond acceptors (Lipinski definition) is 3. The number of hydrogen-bond donors (Lipinski definition) is 2. The molecule has 0 radical (unpaired) electrons. The van der Waals surface area contributed by atoms with Gasteiger partial charge < -0.3 is 16.4 Å². The number of amides is 2. The SMILES string of the molecule is CN(CC(N)=O)C(=O)Cc1cccc(N)c1. The minimum Gasteiger partial charge on any atom is -0.399 e. The summed E-state index contributed by atoms with van der Waals surface area (Å²) in [6, 6.07) is 7.08. The Morgan fingerprint density at radius 2 is 2.06 bits per heavy atom. The monoisotopic (exact) mass is 221 g/mol. The Labute approximate surface area is 94.0 Å². The highest BCUT2D eigenvalue weighted by Gasteiger charge is 2.11. The van der Waals surface area contributed by atoms with E-state index in [-0.39, 0.29) is 18.9 Å². The predicted octanol–water partition coefficient (Wildman–Crippen LogP) is -0.245. The lowest BCUT2D eigenvalue weighted by atomic mass is 10.1. The Balaban J connectivity index is 2.60. The van der Waals surface area contributed by atoms with Gasteiger partial charge in [-0.05, 0) is 17.7 Å². The second kappa shape index (κ2) is 5.16. The zero-order valence-electron chi connectivity index (χ0n) is 9.14. The molecule has 0 saturated carbocycles. The van der Waals surface area contributed by atoms with Gasteiger partial charge in [0.15, 0.2) is 0 Å². The molecule has 0 aliphatic carbocycles. The normalized spacial score (nSPS) is 9.81. The van der Waals surface area contributed by atoms with Crippen LogP contribution in [0.2, 0.25) is 0 Å². The quantitative estimate of drug-likeness (QED) is 0.687. The molecule has 4 N–H and O–H groups in total. The van der Waals surface area contributed by atoms with Crippen LogP contribution in [-0.4, -0.2) is 30.3 Å². The first kappa shape index (κ1) is 12.0. The second-order valence-corrected chi connectivity index (χ2v) is 3.64. The molecule has 0 unspecified atom stereocenters. The number of nitrogens with two attached hydrogens (primary N) is 2. The van der Waals surface area contributed by atoms with Gasteiger partial charge in [0, 0.05) is 12.7 Å². The van der Waals surface area contributed by atoms with Crippen molar-refractivity contribution in [3.8, 4) is 0 Å². The molecule has 16 heavy (non-hydrogen) atoms. The topological polar surface area (TPSA) is 89.4 Å². The Hall–Kier alpha value is -2.04. The molecule has 0 heterocycles. The molecule has 1 aromatic rings. The number of nitrogens with zero attached hydrogens (tertiary/aromatic N) is 1. The lowest BCUT2D eigenvalue weighted by Gasteiger charge is -2.14. The van der Waals surface area contributed by atoms with E-state index in [9.17, 15) is 9.59 Å². The number of carbonyl (C=O) groups excluding carboxylic acids is 2. The molecule has 0 atom stereocenters. The van der Waals surface area contributed by atoms with Crippen molar-refractivity contribution in [2.24, 2.45) is 5.73 Å². The average Bonchev–Trinajstić information content (AvgIpc) is 2.16. The van der Waals surface area contributed by atoms with Gasteiger partial charge in [-0.3, -0.25) is 9.59 Å². The van der Waals surface area contributed by atoms with Gasteiger partial charge in [0.25, 0.3) is 0 Å². The molecule has 1 aromatic carbocycles. The summed E-state index contributed by atoms with van der Waals surface area (Å²) < 4.78 is 0. The van der Waals surface area contributed by atoms with Crippen LogP contribution in [0.4, 0.5) is 5.69 Å². The van der Waals surface area contributed by atoms with E-state index in [1.54, 1.807) is 25.2 Å². The Bertz CT molecular complexity index is 404. The van der Waals surface area contributed by atoms with Crippen LogP contribution in [-0.2, 0) is 16.0 Å². The maximum absolute atomic E-state index is 11.6. The van der Waals surface area contributed by atoms with Crippen LogP contribution < -0.4 is 11.5 Å². The van der Waals surface area contributed by atoms with Crippen molar-refractivity contribution in [3.63, 3.8) is 0 Å². The number of anilines is 1. The minimum atomic E-state index is -0.525. The van der Waals surface area contributed by atoms with Crippen molar-refractivity contribution >= 4 is 17.5 Å². The summed E-state index contributed by atoms with van der Waals surface area (Å²) in [7, 11) is 1.54. The van der Waals surface area contributed by atoms with Gasteiger partial charge in [-0.15, -0.1) is 0 Å². The number of rotatable bonds is 4. The average molecular weight is 221 g/mol. The van der Waals surface area contributed by atoms with Crippen LogP contribution >= 0.6 is 0 Å². The summed E-state index contributed by atoms with van der Waals surface area (Å²) in [5.74, 6) is -0.687. The molecule has 5 nitrogen and oxygen atoms in total. The number of benzene rings is 1. The lowest BCUT2D eigenvalue weighted by molar-refractivity contribution is -0.133. The molecule has 0 aliphatic rings. The van der Waals surface area contributed by atoms with E-state index in [4.69, 9.17) is 11.5 Å². The summed E-state index contributed by atoms with van der Waals surface area (Å²) in [5.41, 5.74) is 12.0. The van der Waals surface area contributed by atoms with Crippen molar-refractivity contribution in [3.05, 3.63) is 29.8 Å². The van der Waals surface area contributed by atoms with Gasteiger partial charge in [-0.25, -0.2) is 0 Å². The fraction of sp³-hybridized carbons (Fsp3) is 0.273. The van der Waals surface area contributed by atoms with E-state index in [1.807, 2.05) is 6.07 Å². The highest BCUT2D eigenvalue weighted by atomic mass is 16.2. The van der Waals surface area contributed by atoms with Crippen molar-refractivity contribution in [1.29, 1.82) is 0 Å². The van der Waals surface area contributed by atoms with Gasteiger partial charge >= 0.3 is 0 Å². The first-order valence-electron chi connectivity index (χ1n) is 4.85. The van der Waals surface area contributed by atoms with Crippen molar-refractivity contribution in [1.82, 2.24) is 4.90 Å². The van der Waals surface area contributed by atoms with Gasteiger partial charge in [0.05, 0.1) is 13.0 Å². The molecule has 0 bridgehead atoms. The Morgan fingerprint density at radius 3 is 2.62 bits per heavy atom. The van der Waals surface area contributed by atoms with Crippen LogP contribution in [0.3, 0.4) is 0 Å². The minimum absolute atomic E-state index is 0.0683. The molecule has 86 valence electrons. The fourth-order valence-electron chi connectivity index (χ4n) is 1.33. The second-order valence-electron chi connectivity index (χ2n) is 3.64. The van der Waals surface area contributed by atoms with Crippen LogP contribution in [0.25, 0.3) is 0 Å². The van der Waals surface area contributed by atoms with Crippen LogP contribution in [0.1, 0.15) is 5.56 Å². The number of nitrogen functional groups attached to an aromatic ring is 1. The number of likely N-dealkylation sites (N-methyl/N-ethyl adjacent to an activating group) is 1. The molecule has 5 heteroatoms. The van der Waals surface area contributed by atoms with Gasteiger partial charge in [0.1, 0.15) is 0 Å². The van der Waals surface area contributed by atoms with E-state index in [1.165, 1.54) is 4.90 Å². The Kier molecular flexibility index (Phi) is 3.88. The van der Waals surface area contributed by atoms with E-state index >= 15 is 0 Å². The van der Waals surface area contributed by atoms with Crippen LogP contribution in [0.5, 0.6) is 0 Å². The molecule has 0 saturated heterocycles. The molecule has 0 fully saturated rings. The summed E-state index contributed by atoms with van der Waals surface area (Å²) in [6.45, 7) is -0.0683. The van der Waals surface area contributed by atoms with Crippen LogP contribution in [0, 0.1) is 0 Å². The molecular formula is C11H15N3O2. The lowest BCUT2D eigenvalue weighted by Crippen LogP contribution is -2.36. The van der Waals surface area contributed by atoms with Gasteiger partial charge in [-0.2, -0.15) is 0 Å². The van der Waals surface area contributed by atoms with Gasteiger partial charge in [0.2, 0.25) is 11.8 Å².